The molecule has 10 aromatic rings. The Kier molecular flexibility index (Phi) is 11.6. The highest BCUT2D eigenvalue weighted by Crippen LogP contribution is 2.41. The summed E-state index contributed by atoms with van der Waals surface area (Å²) in [5, 5.41) is 0. The Morgan fingerprint density at radius 2 is 0.453 bits per heavy atom. The predicted octanol–water partition coefficient (Wildman–Crippen LogP) is 15.7. The highest BCUT2D eigenvalue weighted by molar-refractivity contribution is 5.82. The topological polar surface area (TPSA) is 13.6 Å². The Labute approximate surface area is 376 Å². The average Bonchev–Trinajstić information content (AvgIpc) is 3.38. The molecule has 0 amide bonds. The van der Waals surface area contributed by atoms with Gasteiger partial charge in [-0.3, -0.25) is 0 Å². The van der Waals surface area contributed by atoms with Gasteiger partial charge in [0.1, 0.15) is 0 Å². The second-order valence-electron chi connectivity index (χ2n) is 15.7. The molecule has 9 aromatic carbocycles. The standard InChI is InChI=1S/C60H47N4/c1-7-19-47(20-8-1)48-29-35-55(36-30-48)64(59-43-41-58(42-44-59)63(53-25-13-4-14-26-53)54-27-15-5-16-28-54)57-39-33-50(34-40-57)60(61-45-17-6-18-46-61)49-31-37-56(38-32-49)62(51-21-9-2-10-22-51)52-23-11-3-12-24-52/h1-46,60H/q+1. The quantitative estimate of drug-likeness (QED) is 0.108. The van der Waals surface area contributed by atoms with Crippen LogP contribution in [0.2, 0.25) is 0 Å². The molecule has 0 aliphatic carbocycles. The molecule has 306 valence electrons. The Morgan fingerprint density at radius 3 is 0.781 bits per heavy atom. The highest BCUT2D eigenvalue weighted by atomic mass is 15.2. The molecule has 1 unspecified atom stereocenters. The first-order valence-electron chi connectivity index (χ1n) is 21.8. The minimum Gasteiger partial charge on any atom is -0.311 e. The second-order valence-corrected chi connectivity index (χ2v) is 15.7. The molecule has 1 atom stereocenters. The third-order valence-electron chi connectivity index (χ3n) is 11.6. The van der Waals surface area contributed by atoms with Crippen molar-refractivity contribution < 1.29 is 4.57 Å². The molecule has 0 N–H and O–H groups in total. The van der Waals surface area contributed by atoms with E-state index in [1.165, 1.54) is 22.3 Å². The van der Waals surface area contributed by atoms with Gasteiger partial charge in [-0.25, -0.2) is 0 Å². The SMILES string of the molecule is c1ccc(-c2ccc(N(c3ccc(C(c4ccc(N(c5ccccc5)c5ccccc5)cc4)[n+]4ccccc4)cc3)c3ccc(N(c4ccccc4)c4ccccc4)cc3)cc2)cc1. The van der Waals surface area contributed by atoms with Crippen LogP contribution in [0.4, 0.5) is 51.2 Å². The van der Waals surface area contributed by atoms with Gasteiger partial charge in [-0.1, -0.05) is 121 Å². The third-order valence-corrected chi connectivity index (χ3v) is 11.6. The van der Waals surface area contributed by atoms with Crippen LogP contribution in [-0.4, -0.2) is 0 Å². The first-order chi connectivity index (χ1) is 31.8. The Morgan fingerprint density at radius 1 is 0.219 bits per heavy atom. The van der Waals surface area contributed by atoms with Crippen LogP contribution in [0.3, 0.4) is 0 Å². The molecular formula is C60H47N4+. The predicted molar refractivity (Wildman–Crippen MR) is 266 cm³/mol. The zero-order valence-corrected chi connectivity index (χ0v) is 35.4. The summed E-state index contributed by atoms with van der Waals surface area (Å²) in [7, 11) is 0. The number of rotatable bonds is 13. The number of hydrogen-bond donors (Lipinski definition) is 0. The fourth-order valence-corrected chi connectivity index (χ4v) is 8.57. The summed E-state index contributed by atoms with van der Waals surface area (Å²) < 4.78 is 2.29. The molecule has 10 rings (SSSR count). The van der Waals surface area contributed by atoms with Gasteiger partial charge in [0.05, 0.1) is 0 Å². The molecule has 0 aliphatic rings. The van der Waals surface area contributed by atoms with E-state index in [1.807, 2.05) is 0 Å². The molecule has 0 spiro atoms. The van der Waals surface area contributed by atoms with Crippen molar-refractivity contribution >= 4 is 51.2 Å². The largest absolute Gasteiger partial charge is 0.311 e. The van der Waals surface area contributed by atoms with Crippen molar-refractivity contribution in [1.82, 2.24) is 0 Å². The first kappa shape index (κ1) is 39.7. The Bertz CT molecular complexity index is 2900. The monoisotopic (exact) mass is 823 g/mol. The molecule has 0 bridgehead atoms. The van der Waals surface area contributed by atoms with E-state index < -0.39 is 0 Å². The summed E-state index contributed by atoms with van der Waals surface area (Å²) in [6, 6.07) is 94.8. The van der Waals surface area contributed by atoms with Crippen molar-refractivity contribution in [1.29, 1.82) is 0 Å². The maximum atomic E-state index is 2.35. The van der Waals surface area contributed by atoms with Gasteiger partial charge in [-0.2, -0.15) is 4.57 Å². The van der Waals surface area contributed by atoms with Gasteiger partial charge >= 0.3 is 0 Å². The van der Waals surface area contributed by atoms with Crippen LogP contribution < -0.4 is 19.3 Å². The zero-order valence-electron chi connectivity index (χ0n) is 35.4. The molecule has 1 aromatic heterocycles. The third kappa shape index (κ3) is 8.54. The molecule has 0 saturated carbocycles. The molecule has 0 saturated heterocycles. The fourth-order valence-electron chi connectivity index (χ4n) is 8.57. The highest BCUT2D eigenvalue weighted by Gasteiger charge is 2.25. The summed E-state index contributed by atoms with van der Waals surface area (Å²) >= 11 is 0. The second kappa shape index (κ2) is 18.7. The smallest absolute Gasteiger partial charge is 0.208 e. The number of pyridine rings is 1. The zero-order chi connectivity index (χ0) is 42.9. The molecule has 4 nitrogen and oxygen atoms in total. The molecule has 0 aliphatic heterocycles. The molecule has 0 radical (unpaired) electrons. The van der Waals surface area contributed by atoms with Crippen molar-refractivity contribution in [3.63, 3.8) is 0 Å². The molecule has 1 heterocycles. The fraction of sp³-hybridized carbons (Fsp3) is 0.0167. The van der Waals surface area contributed by atoms with E-state index in [0.29, 0.717) is 0 Å². The number of aromatic nitrogens is 1. The normalized spacial score (nSPS) is 11.4. The van der Waals surface area contributed by atoms with Crippen molar-refractivity contribution in [3.05, 3.63) is 290 Å². The van der Waals surface area contributed by atoms with E-state index in [2.05, 4.69) is 299 Å². The van der Waals surface area contributed by atoms with Crippen molar-refractivity contribution in [2.24, 2.45) is 0 Å². The van der Waals surface area contributed by atoms with Crippen molar-refractivity contribution in [3.8, 4) is 11.1 Å². The van der Waals surface area contributed by atoms with Crippen LogP contribution in [0, 0.1) is 0 Å². The van der Waals surface area contributed by atoms with Gasteiger partial charge in [0.15, 0.2) is 12.4 Å². The van der Waals surface area contributed by atoms with Gasteiger partial charge in [0.25, 0.3) is 0 Å². The number of para-hydroxylation sites is 4. The minimum atomic E-state index is -0.0500. The Hall–Kier alpha value is -8.47. The summed E-state index contributed by atoms with van der Waals surface area (Å²) in [5.41, 5.74) is 14.6. The number of nitrogens with zero attached hydrogens (tertiary/aromatic N) is 4. The van der Waals surface area contributed by atoms with Gasteiger partial charge in [-0.05, 0) is 145 Å². The van der Waals surface area contributed by atoms with E-state index in [4.69, 9.17) is 0 Å². The van der Waals surface area contributed by atoms with E-state index >= 15 is 0 Å². The average molecular weight is 824 g/mol. The van der Waals surface area contributed by atoms with Crippen molar-refractivity contribution in [2.75, 3.05) is 14.7 Å². The first-order valence-corrected chi connectivity index (χ1v) is 21.8. The van der Waals surface area contributed by atoms with Crippen LogP contribution in [0.1, 0.15) is 17.2 Å². The van der Waals surface area contributed by atoms with Crippen LogP contribution in [0.15, 0.2) is 279 Å². The number of anilines is 9. The van der Waals surface area contributed by atoms with E-state index in [0.717, 1.165) is 51.2 Å². The summed E-state index contributed by atoms with van der Waals surface area (Å²) in [5.74, 6) is 0. The lowest BCUT2D eigenvalue weighted by atomic mass is 9.97. The van der Waals surface area contributed by atoms with Gasteiger partial charge < -0.3 is 14.7 Å². The molecule has 0 fully saturated rings. The van der Waals surface area contributed by atoms with E-state index in [-0.39, 0.29) is 6.04 Å². The molecular weight excluding hydrogens is 777 g/mol. The Balaban J connectivity index is 1.02. The summed E-state index contributed by atoms with van der Waals surface area (Å²) in [4.78, 5) is 6.95. The number of hydrogen-bond acceptors (Lipinski definition) is 3. The van der Waals surface area contributed by atoms with Crippen LogP contribution in [0.25, 0.3) is 11.1 Å². The van der Waals surface area contributed by atoms with E-state index in [1.54, 1.807) is 0 Å². The van der Waals surface area contributed by atoms with Gasteiger partial charge in [-0.15, -0.1) is 0 Å². The van der Waals surface area contributed by atoms with Crippen molar-refractivity contribution in [2.45, 2.75) is 6.04 Å². The van der Waals surface area contributed by atoms with E-state index in [9.17, 15) is 0 Å². The minimum absolute atomic E-state index is 0.0500. The summed E-state index contributed by atoms with van der Waals surface area (Å²) in [6.07, 6.45) is 4.31. The lowest BCUT2D eigenvalue weighted by molar-refractivity contribution is -0.704. The molecule has 64 heavy (non-hydrogen) atoms. The lowest BCUT2D eigenvalue weighted by Crippen LogP contribution is -2.39. The maximum absolute atomic E-state index is 2.35. The van der Waals surface area contributed by atoms with Crippen LogP contribution in [-0.2, 0) is 0 Å². The molecule has 4 heteroatoms. The van der Waals surface area contributed by atoms with Crippen LogP contribution >= 0.6 is 0 Å². The maximum Gasteiger partial charge on any atom is 0.208 e. The summed E-state index contributed by atoms with van der Waals surface area (Å²) in [6.45, 7) is 0. The number of benzene rings is 9. The van der Waals surface area contributed by atoms with Gasteiger partial charge in [0.2, 0.25) is 6.04 Å². The van der Waals surface area contributed by atoms with Crippen LogP contribution in [0.5, 0.6) is 0 Å². The lowest BCUT2D eigenvalue weighted by Gasteiger charge is -2.28. The van der Waals surface area contributed by atoms with Gasteiger partial charge in [0, 0.05) is 74.4 Å².